The molecule has 1 amide bonds. The molecular formula is C27H34Cl2N2O3. The van der Waals surface area contributed by atoms with Crippen LogP contribution >= 0.6 is 23.2 Å². The third-order valence-corrected chi connectivity index (χ3v) is 8.68. The van der Waals surface area contributed by atoms with E-state index in [4.69, 9.17) is 32.7 Å². The maximum atomic E-state index is 13.3. The first-order chi connectivity index (χ1) is 16.3. The summed E-state index contributed by atoms with van der Waals surface area (Å²) in [4.78, 5) is 17.7. The van der Waals surface area contributed by atoms with Crippen molar-refractivity contribution in [3.8, 4) is 5.75 Å². The SMILES string of the molecule is COc1cccc(C23CCN(C)CC2C(OC)CC(N(C)C(=O)Cc2ccc(Cl)c(Cl)c2)C3)c1. The van der Waals surface area contributed by atoms with Crippen molar-refractivity contribution in [3.63, 3.8) is 0 Å². The number of carbonyl (C=O) groups excluding carboxylic acids is 1. The van der Waals surface area contributed by atoms with Crippen molar-refractivity contribution in [1.82, 2.24) is 9.80 Å². The third kappa shape index (κ3) is 4.94. The minimum absolute atomic E-state index is 0.0629. The van der Waals surface area contributed by atoms with Crippen molar-refractivity contribution >= 4 is 29.1 Å². The molecule has 0 spiro atoms. The third-order valence-electron chi connectivity index (χ3n) is 7.94. The monoisotopic (exact) mass is 504 g/mol. The van der Waals surface area contributed by atoms with Gasteiger partial charge in [0, 0.05) is 38.1 Å². The molecule has 2 aromatic carbocycles. The molecule has 2 aliphatic rings. The van der Waals surface area contributed by atoms with Crippen LogP contribution in [0.4, 0.5) is 0 Å². The molecule has 1 heterocycles. The summed E-state index contributed by atoms with van der Waals surface area (Å²) in [6.07, 6.45) is 3.10. The molecule has 1 aliphatic heterocycles. The maximum Gasteiger partial charge on any atom is 0.226 e. The number of hydrogen-bond donors (Lipinski definition) is 0. The Morgan fingerprint density at radius 1 is 1.18 bits per heavy atom. The first kappa shape index (κ1) is 25.3. The van der Waals surface area contributed by atoms with Crippen LogP contribution in [0.25, 0.3) is 0 Å². The molecule has 1 saturated heterocycles. The summed E-state index contributed by atoms with van der Waals surface area (Å²) in [5.74, 6) is 1.29. The van der Waals surface area contributed by atoms with Gasteiger partial charge in [-0.2, -0.15) is 0 Å². The van der Waals surface area contributed by atoms with Gasteiger partial charge in [-0.15, -0.1) is 0 Å². The van der Waals surface area contributed by atoms with E-state index >= 15 is 0 Å². The largest absolute Gasteiger partial charge is 0.497 e. The molecule has 0 radical (unpaired) electrons. The van der Waals surface area contributed by atoms with Crippen LogP contribution in [-0.4, -0.2) is 69.3 Å². The van der Waals surface area contributed by atoms with Crippen molar-refractivity contribution < 1.29 is 14.3 Å². The van der Waals surface area contributed by atoms with Crippen molar-refractivity contribution in [1.29, 1.82) is 0 Å². The molecule has 0 aromatic heterocycles. The molecule has 7 heteroatoms. The molecule has 0 bridgehead atoms. The highest BCUT2D eigenvalue weighted by Crippen LogP contribution is 2.51. The Hall–Kier alpha value is -1.79. The average molecular weight is 505 g/mol. The molecule has 5 nitrogen and oxygen atoms in total. The van der Waals surface area contributed by atoms with Gasteiger partial charge in [0.15, 0.2) is 0 Å². The van der Waals surface area contributed by atoms with Crippen LogP contribution < -0.4 is 4.74 Å². The van der Waals surface area contributed by atoms with Crippen LogP contribution in [0.15, 0.2) is 42.5 Å². The van der Waals surface area contributed by atoms with E-state index in [1.165, 1.54) is 5.56 Å². The van der Waals surface area contributed by atoms with Crippen LogP contribution in [0.3, 0.4) is 0 Å². The van der Waals surface area contributed by atoms with Gasteiger partial charge in [0.1, 0.15) is 5.75 Å². The van der Waals surface area contributed by atoms with Crippen LogP contribution in [0.1, 0.15) is 30.4 Å². The number of likely N-dealkylation sites (N-methyl/N-ethyl adjacent to an activating group) is 1. The van der Waals surface area contributed by atoms with Crippen molar-refractivity contribution in [2.45, 2.75) is 43.2 Å². The first-order valence-electron chi connectivity index (χ1n) is 11.8. The molecule has 4 unspecified atom stereocenters. The number of halogens is 2. The highest BCUT2D eigenvalue weighted by molar-refractivity contribution is 6.42. The predicted molar refractivity (Wildman–Crippen MR) is 137 cm³/mol. The normalized spacial score (nSPS) is 27.2. The maximum absolute atomic E-state index is 13.3. The number of amides is 1. The number of methoxy groups -OCH3 is 2. The minimum Gasteiger partial charge on any atom is -0.497 e. The Balaban J connectivity index is 1.63. The lowest BCUT2D eigenvalue weighted by Gasteiger charge is -2.56. The fourth-order valence-electron chi connectivity index (χ4n) is 5.96. The summed E-state index contributed by atoms with van der Waals surface area (Å²) in [7, 11) is 7.61. The summed E-state index contributed by atoms with van der Waals surface area (Å²) in [6, 6.07) is 13.9. The van der Waals surface area contributed by atoms with Gasteiger partial charge >= 0.3 is 0 Å². The van der Waals surface area contributed by atoms with E-state index in [9.17, 15) is 4.79 Å². The molecule has 0 N–H and O–H groups in total. The number of ether oxygens (including phenoxy) is 2. The van der Waals surface area contributed by atoms with Gasteiger partial charge in [0.05, 0.1) is 29.7 Å². The summed E-state index contributed by atoms with van der Waals surface area (Å²) in [6.45, 7) is 1.99. The Kier molecular flexibility index (Phi) is 7.78. The molecule has 4 atom stereocenters. The van der Waals surface area contributed by atoms with E-state index in [1.807, 2.05) is 24.1 Å². The zero-order valence-corrected chi connectivity index (χ0v) is 21.9. The number of rotatable bonds is 6. The van der Waals surface area contributed by atoms with Crippen molar-refractivity contribution in [2.24, 2.45) is 5.92 Å². The summed E-state index contributed by atoms with van der Waals surface area (Å²) in [5, 5.41) is 0.966. The smallest absolute Gasteiger partial charge is 0.226 e. The summed E-state index contributed by atoms with van der Waals surface area (Å²) in [5.41, 5.74) is 2.06. The fraction of sp³-hybridized carbons (Fsp3) is 0.519. The Bertz CT molecular complexity index is 1030. The molecule has 4 rings (SSSR count). The zero-order chi connectivity index (χ0) is 24.5. The lowest BCUT2D eigenvalue weighted by atomic mass is 9.56. The lowest BCUT2D eigenvalue weighted by Crippen LogP contribution is -2.61. The highest BCUT2D eigenvalue weighted by Gasteiger charge is 2.53. The Labute approximate surface area is 212 Å². The Morgan fingerprint density at radius 3 is 2.68 bits per heavy atom. The molecule has 1 saturated carbocycles. The van der Waals surface area contributed by atoms with E-state index in [0.717, 1.165) is 43.7 Å². The molecule has 1 aliphatic carbocycles. The van der Waals surface area contributed by atoms with Crippen LogP contribution in [-0.2, 0) is 21.4 Å². The van der Waals surface area contributed by atoms with E-state index in [1.54, 1.807) is 26.4 Å². The second-order valence-electron chi connectivity index (χ2n) is 9.80. The van der Waals surface area contributed by atoms with Crippen LogP contribution in [0.2, 0.25) is 10.0 Å². The lowest BCUT2D eigenvalue weighted by molar-refractivity contribution is -0.136. The van der Waals surface area contributed by atoms with Gasteiger partial charge in [-0.1, -0.05) is 41.4 Å². The minimum atomic E-state index is -0.0806. The fourth-order valence-corrected chi connectivity index (χ4v) is 6.28. The second kappa shape index (κ2) is 10.4. The summed E-state index contributed by atoms with van der Waals surface area (Å²) < 4.78 is 11.7. The van der Waals surface area contributed by atoms with E-state index in [0.29, 0.717) is 22.4 Å². The highest BCUT2D eigenvalue weighted by atomic mass is 35.5. The van der Waals surface area contributed by atoms with E-state index < -0.39 is 0 Å². The number of carbonyl (C=O) groups is 1. The van der Waals surface area contributed by atoms with Gasteiger partial charge in [-0.25, -0.2) is 0 Å². The zero-order valence-electron chi connectivity index (χ0n) is 20.4. The first-order valence-corrected chi connectivity index (χ1v) is 12.6. The Morgan fingerprint density at radius 2 is 1.97 bits per heavy atom. The van der Waals surface area contributed by atoms with Gasteiger partial charge in [0.2, 0.25) is 5.91 Å². The van der Waals surface area contributed by atoms with Crippen LogP contribution in [0.5, 0.6) is 5.75 Å². The molecular weight excluding hydrogens is 471 g/mol. The van der Waals surface area contributed by atoms with Crippen molar-refractivity contribution in [3.05, 3.63) is 63.6 Å². The molecule has 2 aromatic rings. The number of piperidine rings is 1. The average Bonchev–Trinajstić information content (AvgIpc) is 2.85. The van der Waals surface area contributed by atoms with Crippen LogP contribution in [0, 0.1) is 5.92 Å². The number of benzene rings is 2. The molecule has 2 fully saturated rings. The molecule has 34 heavy (non-hydrogen) atoms. The van der Waals surface area contributed by atoms with E-state index in [2.05, 4.69) is 30.1 Å². The topological polar surface area (TPSA) is 42.0 Å². The number of hydrogen-bond acceptors (Lipinski definition) is 4. The standard InChI is InChI=1S/C27H34Cl2N2O3/c1-30-11-10-27(19-6-5-7-21(14-19)33-3)16-20(15-25(34-4)22(27)17-30)31(2)26(32)13-18-8-9-23(28)24(29)12-18/h5-9,12,14,20,22,25H,10-11,13,15-17H2,1-4H3. The van der Waals surface area contributed by atoms with Gasteiger partial charge in [-0.05, 0) is 68.2 Å². The van der Waals surface area contributed by atoms with Gasteiger partial charge in [0.25, 0.3) is 0 Å². The predicted octanol–water partition coefficient (Wildman–Crippen LogP) is 5.07. The van der Waals surface area contributed by atoms with Gasteiger partial charge < -0.3 is 19.3 Å². The number of nitrogens with zero attached hydrogens (tertiary/aromatic N) is 2. The quantitative estimate of drug-likeness (QED) is 0.550. The van der Waals surface area contributed by atoms with E-state index in [-0.39, 0.29) is 23.5 Å². The number of fused-ring (bicyclic) bond motifs is 1. The second-order valence-corrected chi connectivity index (χ2v) is 10.6. The van der Waals surface area contributed by atoms with Crippen molar-refractivity contribution in [2.75, 3.05) is 41.4 Å². The number of likely N-dealkylation sites (tertiary alicyclic amines) is 1. The van der Waals surface area contributed by atoms with Gasteiger partial charge in [-0.3, -0.25) is 4.79 Å². The summed E-state index contributed by atoms with van der Waals surface area (Å²) >= 11 is 12.2. The molecule has 184 valence electrons.